The summed E-state index contributed by atoms with van der Waals surface area (Å²) in [4.78, 5) is 28.9. The third-order valence-corrected chi connectivity index (χ3v) is 9.59. The number of ether oxygens (including phenoxy) is 1. The van der Waals surface area contributed by atoms with Gasteiger partial charge in [-0.3, -0.25) is 13.9 Å². The summed E-state index contributed by atoms with van der Waals surface area (Å²) in [7, 11) is -2.72. The summed E-state index contributed by atoms with van der Waals surface area (Å²) in [6.07, 6.45) is 3.93. The van der Waals surface area contributed by atoms with E-state index in [0.29, 0.717) is 5.75 Å². The van der Waals surface area contributed by atoms with Crippen molar-refractivity contribution in [2.45, 2.75) is 63.1 Å². The largest absolute Gasteiger partial charge is 0.495 e. The van der Waals surface area contributed by atoms with Crippen LogP contribution in [0, 0.1) is 6.92 Å². The van der Waals surface area contributed by atoms with Gasteiger partial charge in [0, 0.05) is 12.6 Å². The van der Waals surface area contributed by atoms with Gasteiger partial charge in [-0.15, -0.1) is 0 Å². The lowest BCUT2D eigenvalue weighted by atomic mass is 10.1. The van der Waals surface area contributed by atoms with Gasteiger partial charge < -0.3 is 15.0 Å². The van der Waals surface area contributed by atoms with Gasteiger partial charge >= 0.3 is 0 Å². The topological polar surface area (TPSA) is 96.0 Å². The highest BCUT2D eigenvalue weighted by Crippen LogP contribution is 2.32. The van der Waals surface area contributed by atoms with E-state index in [1.165, 1.54) is 30.2 Å². The number of benzene rings is 3. The van der Waals surface area contributed by atoms with Crippen LogP contribution in [0.15, 0.2) is 77.7 Å². The summed E-state index contributed by atoms with van der Waals surface area (Å²) >= 11 is 6.37. The molecule has 0 saturated heterocycles. The minimum absolute atomic E-state index is 0.0252. The number of rotatable bonds is 11. The Hall–Kier alpha value is -3.56. The summed E-state index contributed by atoms with van der Waals surface area (Å²) in [6, 6.07) is 19.3. The molecule has 1 fully saturated rings. The lowest BCUT2D eigenvalue weighted by molar-refractivity contribution is -0.139. The van der Waals surface area contributed by atoms with E-state index < -0.39 is 28.5 Å². The SMILES string of the molecule is COc1ccc(N(CC(=O)N(Cc2ccccc2C)[C@@H](C)C(=O)NC2CCCC2)S(=O)(=O)c2ccccc2)cc1Cl. The highest BCUT2D eigenvalue weighted by molar-refractivity contribution is 7.92. The Balaban J connectivity index is 1.71. The number of aryl methyl sites for hydroxylation is 1. The molecule has 0 aromatic heterocycles. The molecule has 3 aromatic carbocycles. The Kier molecular flexibility index (Phi) is 9.94. The van der Waals surface area contributed by atoms with Crippen molar-refractivity contribution in [2.24, 2.45) is 0 Å². The van der Waals surface area contributed by atoms with Crippen LogP contribution < -0.4 is 14.4 Å². The molecule has 2 amide bonds. The molecule has 0 heterocycles. The van der Waals surface area contributed by atoms with Crippen LogP contribution in [0.2, 0.25) is 5.02 Å². The fraction of sp³-hybridized carbons (Fsp3) is 0.355. The van der Waals surface area contributed by atoms with Gasteiger partial charge in [-0.25, -0.2) is 8.42 Å². The quantitative estimate of drug-likeness (QED) is 0.322. The molecule has 0 unspecified atom stereocenters. The molecule has 1 aliphatic rings. The maximum Gasteiger partial charge on any atom is 0.264 e. The Morgan fingerprint density at radius 3 is 2.32 bits per heavy atom. The smallest absolute Gasteiger partial charge is 0.264 e. The maximum atomic E-state index is 14.1. The van der Waals surface area contributed by atoms with Crippen LogP contribution in [-0.2, 0) is 26.2 Å². The minimum Gasteiger partial charge on any atom is -0.495 e. The molecule has 1 atom stereocenters. The van der Waals surface area contributed by atoms with E-state index >= 15 is 0 Å². The number of amides is 2. The van der Waals surface area contributed by atoms with Gasteiger partial charge in [0.25, 0.3) is 10.0 Å². The predicted octanol–water partition coefficient (Wildman–Crippen LogP) is 5.33. The zero-order valence-corrected chi connectivity index (χ0v) is 25.1. The van der Waals surface area contributed by atoms with Gasteiger partial charge in [0.05, 0.1) is 22.7 Å². The van der Waals surface area contributed by atoms with E-state index in [2.05, 4.69) is 5.32 Å². The summed E-state index contributed by atoms with van der Waals surface area (Å²) in [5, 5.41) is 3.28. The first-order valence-corrected chi connectivity index (χ1v) is 15.5. The number of nitrogens with one attached hydrogen (secondary N) is 1. The second-order valence-electron chi connectivity index (χ2n) is 10.3. The lowest BCUT2D eigenvalue weighted by Crippen LogP contribution is -2.52. The number of hydrogen-bond donors (Lipinski definition) is 1. The highest BCUT2D eigenvalue weighted by atomic mass is 35.5. The molecule has 0 aliphatic heterocycles. The fourth-order valence-corrected chi connectivity index (χ4v) is 6.68. The molecule has 41 heavy (non-hydrogen) atoms. The number of halogens is 1. The second kappa shape index (κ2) is 13.4. The van der Waals surface area contributed by atoms with Crippen molar-refractivity contribution in [2.75, 3.05) is 18.0 Å². The monoisotopic (exact) mass is 597 g/mol. The van der Waals surface area contributed by atoms with Crippen LogP contribution in [0.25, 0.3) is 0 Å². The third-order valence-electron chi connectivity index (χ3n) is 7.50. The van der Waals surface area contributed by atoms with Crippen LogP contribution in [0.3, 0.4) is 0 Å². The molecule has 0 bridgehead atoms. The summed E-state index contributed by atoms with van der Waals surface area (Å²) in [5.74, 6) is -0.408. The van der Waals surface area contributed by atoms with Crippen LogP contribution in [-0.4, -0.2) is 50.9 Å². The van der Waals surface area contributed by atoms with E-state index in [4.69, 9.17) is 16.3 Å². The van der Waals surface area contributed by atoms with E-state index in [9.17, 15) is 18.0 Å². The van der Waals surface area contributed by atoms with Gasteiger partial charge in [-0.05, 0) is 68.1 Å². The lowest BCUT2D eigenvalue weighted by Gasteiger charge is -2.33. The van der Waals surface area contributed by atoms with Crippen molar-refractivity contribution in [1.29, 1.82) is 0 Å². The average molecular weight is 598 g/mol. The average Bonchev–Trinajstić information content (AvgIpc) is 3.48. The molecular weight excluding hydrogens is 562 g/mol. The standard InChI is InChI=1S/C31H36ClN3O5S/c1-22-11-7-8-12-24(22)20-34(23(2)31(37)33-25-13-9-10-14-25)30(36)21-35(26-17-18-29(40-3)28(32)19-26)41(38,39)27-15-5-4-6-16-27/h4-8,11-12,15-19,23,25H,9-10,13-14,20-21H2,1-3H3,(H,33,37)/t23-/m0/s1. The molecular formula is C31H36ClN3O5S. The highest BCUT2D eigenvalue weighted by Gasteiger charge is 2.33. The van der Waals surface area contributed by atoms with Crippen molar-refractivity contribution in [3.8, 4) is 5.75 Å². The molecule has 10 heteroatoms. The van der Waals surface area contributed by atoms with Gasteiger partial charge in [0.2, 0.25) is 11.8 Å². The van der Waals surface area contributed by atoms with E-state index in [0.717, 1.165) is 41.1 Å². The summed E-state index contributed by atoms with van der Waals surface area (Å²) in [5.41, 5.74) is 2.03. The Morgan fingerprint density at radius 2 is 1.68 bits per heavy atom. The molecule has 1 N–H and O–H groups in total. The number of carbonyl (C=O) groups is 2. The number of nitrogens with zero attached hydrogens (tertiary/aromatic N) is 2. The molecule has 0 spiro atoms. The first kappa shape index (κ1) is 30.4. The van der Waals surface area contributed by atoms with Crippen molar-refractivity contribution in [3.63, 3.8) is 0 Å². The number of methoxy groups -OCH3 is 1. The molecule has 0 radical (unpaired) electrons. The zero-order chi connectivity index (χ0) is 29.6. The fourth-order valence-electron chi connectivity index (χ4n) is 5.00. The third kappa shape index (κ3) is 7.21. The number of anilines is 1. The minimum atomic E-state index is -4.18. The van der Waals surface area contributed by atoms with Crippen molar-refractivity contribution >= 4 is 39.1 Å². The second-order valence-corrected chi connectivity index (χ2v) is 12.5. The van der Waals surface area contributed by atoms with Crippen molar-refractivity contribution < 1.29 is 22.7 Å². The van der Waals surface area contributed by atoms with E-state index in [1.807, 2.05) is 31.2 Å². The Labute approximate surface area is 247 Å². The molecule has 218 valence electrons. The summed E-state index contributed by atoms with van der Waals surface area (Å²) in [6.45, 7) is 3.23. The molecule has 1 aliphatic carbocycles. The number of sulfonamides is 1. The van der Waals surface area contributed by atoms with Crippen LogP contribution in [0.5, 0.6) is 5.75 Å². The molecule has 1 saturated carbocycles. The molecule has 8 nitrogen and oxygen atoms in total. The number of hydrogen-bond acceptors (Lipinski definition) is 5. The summed E-state index contributed by atoms with van der Waals surface area (Å²) < 4.78 is 34.1. The van der Waals surface area contributed by atoms with E-state index in [1.54, 1.807) is 37.3 Å². The Bertz CT molecular complexity index is 1480. The van der Waals surface area contributed by atoms with Crippen molar-refractivity contribution in [1.82, 2.24) is 10.2 Å². The first-order valence-electron chi connectivity index (χ1n) is 13.7. The molecule has 3 aromatic rings. The van der Waals surface area contributed by atoms with E-state index in [-0.39, 0.29) is 34.1 Å². The van der Waals surface area contributed by atoms with Crippen LogP contribution in [0.1, 0.15) is 43.7 Å². The zero-order valence-electron chi connectivity index (χ0n) is 23.5. The first-order chi connectivity index (χ1) is 19.6. The van der Waals surface area contributed by atoms with Gasteiger partial charge in [0.1, 0.15) is 18.3 Å². The van der Waals surface area contributed by atoms with Crippen LogP contribution in [0.4, 0.5) is 5.69 Å². The normalized spacial score (nSPS) is 14.3. The predicted molar refractivity (Wildman–Crippen MR) is 161 cm³/mol. The molecule has 4 rings (SSSR count). The number of carbonyl (C=O) groups excluding carboxylic acids is 2. The van der Waals surface area contributed by atoms with Crippen molar-refractivity contribution in [3.05, 3.63) is 88.9 Å². The van der Waals surface area contributed by atoms with Crippen LogP contribution >= 0.6 is 11.6 Å². The van der Waals surface area contributed by atoms with Gasteiger partial charge in [-0.1, -0.05) is 66.9 Å². The maximum absolute atomic E-state index is 14.1. The Morgan fingerprint density at radius 1 is 1.02 bits per heavy atom. The van der Waals surface area contributed by atoms with Gasteiger partial charge in [-0.2, -0.15) is 0 Å². The van der Waals surface area contributed by atoms with Gasteiger partial charge in [0.15, 0.2) is 0 Å².